The lowest BCUT2D eigenvalue weighted by Crippen LogP contribution is -2.45. The minimum Gasteiger partial charge on any atom is -0.299 e. The summed E-state index contributed by atoms with van der Waals surface area (Å²) < 4.78 is 26.0. The Bertz CT molecular complexity index is 991. The number of thioether (sulfide) groups is 1. The van der Waals surface area contributed by atoms with Crippen molar-refractivity contribution in [2.24, 2.45) is 0 Å². The van der Waals surface area contributed by atoms with Crippen LogP contribution in [-0.4, -0.2) is 47.5 Å². The average molecular weight is 444 g/mol. The van der Waals surface area contributed by atoms with Crippen molar-refractivity contribution in [2.75, 3.05) is 21.6 Å². The van der Waals surface area contributed by atoms with E-state index < -0.39 is 26.9 Å². The molecule has 28 heavy (non-hydrogen) atoms. The molecule has 0 aliphatic heterocycles. The molecule has 1 aromatic heterocycles. The molecule has 1 amide bonds. The van der Waals surface area contributed by atoms with E-state index >= 15 is 0 Å². The number of nitrogens with zero attached hydrogens (tertiary/aromatic N) is 4. The summed E-state index contributed by atoms with van der Waals surface area (Å²) >= 11 is 2.54. The molecule has 13 heteroatoms. The first-order valence-corrected chi connectivity index (χ1v) is 11.4. The number of amides is 1. The third-order valence-corrected chi connectivity index (χ3v) is 6.55. The Labute approximate surface area is 169 Å². The van der Waals surface area contributed by atoms with Gasteiger partial charge in [0.15, 0.2) is 4.34 Å². The van der Waals surface area contributed by atoms with Crippen LogP contribution in [0.4, 0.5) is 16.5 Å². The second-order valence-electron chi connectivity index (χ2n) is 5.47. The number of nitrogens with one attached hydrogen (secondary N) is 1. The molecule has 0 saturated carbocycles. The number of aromatic nitrogens is 2. The number of hydrogen-bond donors (Lipinski definition) is 1. The van der Waals surface area contributed by atoms with Gasteiger partial charge in [0.1, 0.15) is 6.04 Å². The van der Waals surface area contributed by atoms with E-state index in [2.05, 4.69) is 22.1 Å². The predicted octanol–water partition coefficient (Wildman–Crippen LogP) is 2.52. The molecule has 0 aliphatic carbocycles. The number of anilines is 2. The van der Waals surface area contributed by atoms with Gasteiger partial charge in [-0.3, -0.25) is 24.5 Å². The van der Waals surface area contributed by atoms with Gasteiger partial charge in [-0.1, -0.05) is 35.2 Å². The molecule has 0 radical (unpaired) electrons. The van der Waals surface area contributed by atoms with Crippen LogP contribution in [0.5, 0.6) is 0 Å². The monoisotopic (exact) mass is 443 g/mol. The number of carbonyl (C=O) groups is 1. The van der Waals surface area contributed by atoms with Gasteiger partial charge in [-0.05, 0) is 13.0 Å². The highest BCUT2D eigenvalue weighted by atomic mass is 32.2. The Hall–Kier alpha value is -2.51. The quantitative estimate of drug-likeness (QED) is 0.205. The summed E-state index contributed by atoms with van der Waals surface area (Å²) in [5, 5.41) is 21.5. The van der Waals surface area contributed by atoms with E-state index in [1.54, 1.807) is 6.08 Å². The van der Waals surface area contributed by atoms with Gasteiger partial charge >= 0.3 is 0 Å². The lowest BCUT2D eigenvalue weighted by Gasteiger charge is -2.27. The Morgan fingerprint density at radius 1 is 1.50 bits per heavy atom. The maximum atomic E-state index is 12.6. The Kier molecular flexibility index (Phi) is 7.10. The van der Waals surface area contributed by atoms with Crippen molar-refractivity contribution in [3.63, 3.8) is 0 Å². The molecule has 0 fully saturated rings. The maximum absolute atomic E-state index is 12.6. The number of nitro groups is 1. The molecule has 10 nitrogen and oxygen atoms in total. The van der Waals surface area contributed by atoms with Gasteiger partial charge < -0.3 is 0 Å². The highest BCUT2D eigenvalue weighted by Gasteiger charge is 2.30. The zero-order valence-corrected chi connectivity index (χ0v) is 17.4. The van der Waals surface area contributed by atoms with Crippen LogP contribution in [0.3, 0.4) is 0 Å². The molecule has 0 bridgehead atoms. The van der Waals surface area contributed by atoms with Gasteiger partial charge in [-0.25, -0.2) is 8.42 Å². The van der Waals surface area contributed by atoms with Crippen LogP contribution in [0, 0.1) is 10.1 Å². The number of rotatable bonds is 9. The summed E-state index contributed by atoms with van der Waals surface area (Å²) in [5.41, 5.74) is -0.273. The van der Waals surface area contributed by atoms with Crippen LogP contribution in [0.25, 0.3) is 0 Å². The smallest absolute Gasteiger partial charge is 0.271 e. The third-order valence-electron chi connectivity index (χ3n) is 3.34. The molecule has 0 unspecified atom stereocenters. The van der Waals surface area contributed by atoms with Gasteiger partial charge in [-0.15, -0.1) is 16.8 Å². The van der Waals surface area contributed by atoms with Crippen molar-refractivity contribution < 1.29 is 18.1 Å². The topological polar surface area (TPSA) is 135 Å². The number of carbonyl (C=O) groups excluding carboxylic acids is 1. The van der Waals surface area contributed by atoms with Crippen molar-refractivity contribution in [1.29, 1.82) is 0 Å². The van der Waals surface area contributed by atoms with Crippen molar-refractivity contribution >= 4 is 55.5 Å². The first-order chi connectivity index (χ1) is 13.1. The van der Waals surface area contributed by atoms with Crippen molar-refractivity contribution in [3.8, 4) is 0 Å². The molecule has 0 spiro atoms. The summed E-state index contributed by atoms with van der Waals surface area (Å²) in [5.74, 6) is -0.0125. The summed E-state index contributed by atoms with van der Waals surface area (Å²) in [7, 11) is -3.90. The summed E-state index contributed by atoms with van der Waals surface area (Å²) in [6.45, 7) is 4.98. The average Bonchev–Trinajstić information content (AvgIpc) is 3.06. The van der Waals surface area contributed by atoms with Gasteiger partial charge in [-0.2, -0.15) is 0 Å². The fourth-order valence-electron chi connectivity index (χ4n) is 2.21. The summed E-state index contributed by atoms with van der Waals surface area (Å²) in [6.07, 6.45) is 2.63. The van der Waals surface area contributed by atoms with E-state index in [4.69, 9.17) is 0 Å². The maximum Gasteiger partial charge on any atom is 0.271 e. The zero-order chi connectivity index (χ0) is 20.9. The number of sulfonamides is 1. The second-order valence-corrected chi connectivity index (χ2v) is 9.58. The van der Waals surface area contributed by atoms with Gasteiger partial charge in [0.25, 0.3) is 5.69 Å². The summed E-state index contributed by atoms with van der Waals surface area (Å²) in [4.78, 5) is 22.9. The van der Waals surface area contributed by atoms with Gasteiger partial charge in [0.2, 0.25) is 21.1 Å². The molecule has 1 N–H and O–H groups in total. The van der Waals surface area contributed by atoms with E-state index in [1.165, 1.54) is 36.9 Å². The van der Waals surface area contributed by atoms with Crippen LogP contribution in [0.2, 0.25) is 0 Å². The molecule has 2 aromatic rings. The van der Waals surface area contributed by atoms with Crippen LogP contribution in [-0.2, 0) is 14.8 Å². The van der Waals surface area contributed by atoms with Crippen molar-refractivity contribution in [2.45, 2.75) is 17.3 Å². The largest absolute Gasteiger partial charge is 0.299 e. The van der Waals surface area contributed by atoms with Crippen LogP contribution in [0.15, 0.2) is 41.3 Å². The first-order valence-electron chi connectivity index (χ1n) is 7.75. The molecule has 1 aromatic carbocycles. The molecule has 150 valence electrons. The number of benzene rings is 1. The van der Waals surface area contributed by atoms with E-state index in [1.807, 2.05) is 0 Å². The Morgan fingerprint density at radius 3 is 2.82 bits per heavy atom. The van der Waals surface area contributed by atoms with Crippen LogP contribution in [0.1, 0.15) is 6.92 Å². The van der Waals surface area contributed by atoms with E-state index in [0.29, 0.717) is 10.1 Å². The second kappa shape index (κ2) is 9.12. The molecule has 1 heterocycles. The molecular formula is C15H17N5O5S3. The van der Waals surface area contributed by atoms with Crippen LogP contribution >= 0.6 is 23.1 Å². The molecule has 0 saturated heterocycles. The molecule has 2 rings (SSSR count). The highest BCUT2D eigenvalue weighted by molar-refractivity contribution is 8.01. The third kappa shape index (κ3) is 5.50. The highest BCUT2D eigenvalue weighted by Crippen LogP contribution is 2.28. The minimum atomic E-state index is -3.90. The van der Waals surface area contributed by atoms with E-state index in [-0.39, 0.29) is 16.5 Å². The van der Waals surface area contributed by atoms with E-state index in [9.17, 15) is 23.3 Å². The normalized spacial score (nSPS) is 12.2. The predicted molar refractivity (Wildman–Crippen MR) is 109 cm³/mol. The molecular weight excluding hydrogens is 426 g/mol. The number of hydrogen-bond acceptors (Lipinski definition) is 9. The van der Waals surface area contributed by atoms with Crippen LogP contribution < -0.4 is 9.62 Å². The van der Waals surface area contributed by atoms with Crippen molar-refractivity contribution in [3.05, 3.63) is 47.0 Å². The SMILES string of the molecule is C=CCSc1nnc(NC(=O)[C@@H](C)N(c2cccc([N+](=O)[O-])c2)S(C)(=O)=O)s1. The Balaban J connectivity index is 2.25. The van der Waals surface area contributed by atoms with Crippen molar-refractivity contribution in [1.82, 2.24) is 10.2 Å². The Morgan fingerprint density at radius 2 is 2.21 bits per heavy atom. The van der Waals surface area contributed by atoms with Gasteiger partial charge in [0.05, 0.1) is 16.9 Å². The minimum absolute atomic E-state index is 0.0128. The fraction of sp³-hybridized carbons (Fsp3) is 0.267. The lowest BCUT2D eigenvalue weighted by atomic mass is 10.2. The van der Waals surface area contributed by atoms with E-state index in [0.717, 1.165) is 28.0 Å². The summed E-state index contributed by atoms with van der Waals surface area (Å²) in [6, 6.07) is 3.89. The number of non-ortho nitro benzene ring substituents is 1. The standard InChI is InChI=1S/C15H17N5O5S3/c1-4-8-26-15-18-17-14(27-15)16-13(21)10(2)19(28(3,24)25)11-6-5-7-12(9-11)20(22)23/h4-7,9-10H,1,8H2,2-3H3,(H,16,17,21)/t10-/m1/s1. The number of nitro benzene ring substituents is 1. The molecule has 1 atom stereocenters. The molecule has 0 aliphatic rings. The first kappa shape index (κ1) is 21.8. The van der Waals surface area contributed by atoms with Gasteiger partial charge in [0, 0.05) is 17.9 Å². The fourth-order valence-corrected chi connectivity index (χ4v) is 4.89. The zero-order valence-electron chi connectivity index (χ0n) is 14.9. The lowest BCUT2D eigenvalue weighted by molar-refractivity contribution is -0.384.